The summed E-state index contributed by atoms with van der Waals surface area (Å²) in [7, 11) is 0. The summed E-state index contributed by atoms with van der Waals surface area (Å²) in [4.78, 5) is 37.7. The lowest BCUT2D eigenvalue weighted by molar-refractivity contribution is -0.191. The third-order valence-corrected chi connectivity index (χ3v) is 1.27. The van der Waals surface area contributed by atoms with E-state index in [1.54, 1.807) is 20.8 Å². The van der Waals surface area contributed by atoms with Gasteiger partial charge in [0.05, 0.1) is 0 Å². The highest BCUT2D eigenvalue weighted by molar-refractivity contribution is 5.73. The molecule has 0 saturated carbocycles. The van der Waals surface area contributed by atoms with E-state index in [1.165, 1.54) is 0 Å². The number of hydrogen-bond donors (Lipinski definition) is 2. The predicted octanol–water partition coefficient (Wildman–Crippen LogP) is 0.193. The zero-order valence-corrected chi connectivity index (χ0v) is 10.2. The molecule has 2 amide bonds. The van der Waals surface area contributed by atoms with Gasteiger partial charge in [-0.25, -0.2) is 4.79 Å². The second kappa shape index (κ2) is 9.35. The van der Waals surface area contributed by atoms with Gasteiger partial charge in [0, 0.05) is 13.0 Å². The minimum atomic E-state index is -0.492. The standard InChI is InChI=1S/C9H18N2O3.CO2/c1-9(2,3)14-8(13)11-6-4-5-7(10)12;2-1-3/h4-6H2,1-3H3,(H2,10,12)(H,11,13);. The lowest BCUT2D eigenvalue weighted by Crippen LogP contribution is -2.33. The summed E-state index contributed by atoms with van der Waals surface area (Å²) in [5.41, 5.74) is 4.44. The van der Waals surface area contributed by atoms with Crippen LogP contribution in [0.3, 0.4) is 0 Å². The first-order valence-electron chi connectivity index (χ1n) is 4.97. The number of primary amides is 1. The first-order chi connectivity index (χ1) is 7.72. The molecule has 0 atom stereocenters. The number of rotatable bonds is 4. The number of nitrogens with two attached hydrogens (primary N) is 1. The van der Waals surface area contributed by atoms with E-state index in [9.17, 15) is 9.59 Å². The molecule has 7 nitrogen and oxygen atoms in total. The maximum Gasteiger partial charge on any atom is 0.407 e. The fraction of sp³-hybridized carbons (Fsp3) is 0.700. The SMILES string of the molecule is CC(C)(C)OC(=O)NCCCC(N)=O.O=C=O. The van der Waals surface area contributed by atoms with E-state index in [0.29, 0.717) is 13.0 Å². The molecule has 0 fully saturated rings. The van der Waals surface area contributed by atoms with Gasteiger partial charge < -0.3 is 15.8 Å². The Morgan fingerprint density at radius 2 is 1.76 bits per heavy atom. The van der Waals surface area contributed by atoms with Crippen LogP contribution in [0.15, 0.2) is 0 Å². The van der Waals surface area contributed by atoms with Gasteiger partial charge in [0.15, 0.2) is 0 Å². The van der Waals surface area contributed by atoms with E-state index in [0.717, 1.165) is 0 Å². The Hall–Kier alpha value is -1.88. The average Bonchev–Trinajstić information content (AvgIpc) is 2.10. The molecule has 0 saturated heterocycles. The first kappa shape index (κ1) is 17.5. The fourth-order valence-electron chi connectivity index (χ4n) is 0.767. The van der Waals surface area contributed by atoms with Crippen molar-refractivity contribution in [2.24, 2.45) is 5.73 Å². The third kappa shape index (κ3) is 20.3. The minimum Gasteiger partial charge on any atom is -0.444 e. The van der Waals surface area contributed by atoms with E-state index in [-0.39, 0.29) is 18.5 Å². The molecule has 0 aliphatic rings. The quantitative estimate of drug-likeness (QED) is 0.687. The minimum absolute atomic E-state index is 0.250. The van der Waals surface area contributed by atoms with E-state index in [1.807, 2.05) is 0 Å². The van der Waals surface area contributed by atoms with Gasteiger partial charge in [-0.1, -0.05) is 0 Å². The molecule has 0 rings (SSSR count). The van der Waals surface area contributed by atoms with Crippen LogP contribution in [0.1, 0.15) is 33.6 Å². The van der Waals surface area contributed by atoms with Gasteiger partial charge >= 0.3 is 12.2 Å². The topological polar surface area (TPSA) is 116 Å². The zero-order chi connectivity index (χ0) is 13.9. The maximum atomic E-state index is 11.1. The molecule has 0 spiro atoms. The van der Waals surface area contributed by atoms with Crippen LogP contribution >= 0.6 is 0 Å². The second-order valence-corrected chi connectivity index (χ2v) is 4.08. The second-order valence-electron chi connectivity index (χ2n) is 4.08. The highest BCUT2D eigenvalue weighted by atomic mass is 16.6. The predicted molar refractivity (Wildman–Crippen MR) is 57.7 cm³/mol. The van der Waals surface area contributed by atoms with Crippen molar-refractivity contribution in [3.05, 3.63) is 0 Å². The van der Waals surface area contributed by atoms with E-state index >= 15 is 0 Å². The van der Waals surface area contributed by atoms with Crippen LogP contribution in [-0.2, 0) is 19.1 Å². The van der Waals surface area contributed by atoms with Crippen molar-refractivity contribution in [1.29, 1.82) is 0 Å². The van der Waals surface area contributed by atoms with Crippen molar-refractivity contribution in [3.8, 4) is 0 Å². The van der Waals surface area contributed by atoms with E-state index < -0.39 is 11.7 Å². The monoisotopic (exact) mass is 246 g/mol. The van der Waals surface area contributed by atoms with Gasteiger partial charge in [-0.2, -0.15) is 9.59 Å². The summed E-state index contributed by atoms with van der Waals surface area (Å²) in [6.45, 7) is 5.76. The summed E-state index contributed by atoms with van der Waals surface area (Å²) in [5, 5.41) is 2.53. The van der Waals surface area contributed by atoms with Crippen molar-refractivity contribution >= 4 is 18.2 Å². The van der Waals surface area contributed by atoms with Crippen LogP contribution in [0.25, 0.3) is 0 Å². The molecule has 0 aromatic heterocycles. The Balaban J connectivity index is 0. The highest BCUT2D eigenvalue weighted by Gasteiger charge is 2.15. The molecule has 0 bridgehead atoms. The number of ether oxygens (including phenoxy) is 1. The Labute approximate surface area is 99.7 Å². The van der Waals surface area contributed by atoms with Gasteiger partial charge in [-0.3, -0.25) is 4.79 Å². The van der Waals surface area contributed by atoms with Crippen LogP contribution in [-0.4, -0.2) is 30.3 Å². The molecular weight excluding hydrogens is 228 g/mol. The molecule has 7 heteroatoms. The molecule has 0 aromatic carbocycles. The van der Waals surface area contributed by atoms with Gasteiger partial charge in [0.1, 0.15) is 5.60 Å². The van der Waals surface area contributed by atoms with Crippen molar-refractivity contribution in [3.63, 3.8) is 0 Å². The van der Waals surface area contributed by atoms with Crippen molar-refractivity contribution in [1.82, 2.24) is 5.32 Å². The number of alkyl carbamates (subject to hydrolysis) is 1. The average molecular weight is 246 g/mol. The Morgan fingerprint density at radius 3 is 2.12 bits per heavy atom. The van der Waals surface area contributed by atoms with Gasteiger partial charge in [-0.05, 0) is 27.2 Å². The molecule has 0 unspecified atom stereocenters. The van der Waals surface area contributed by atoms with Crippen LogP contribution in [0.2, 0.25) is 0 Å². The van der Waals surface area contributed by atoms with E-state index in [2.05, 4.69) is 5.32 Å². The summed E-state index contributed by atoms with van der Waals surface area (Å²) < 4.78 is 4.98. The Morgan fingerprint density at radius 1 is 1.29 bits per heavy atom. The van der Waals surface area contributed by atoms with Gasteiger partial charge in [-0.15, -0.1) is 0 Å². The number of nitrogens with one attached hydrogen (secondary N) is 1. The molecule has 3 N–H and O–H groups in total. The number of hydrogen-bond acceptors (Lipinski definition) is 5. The summed E-state index contributed by atoms with van der Waals surface area (Å²) >= 11 is 0. The van der Waals surface area contributed by atoms with Crippen molar-refractivity contribution < 1.29 is 23.9 Å². The number of amides is 2. The smallest absolute Gasteiger partial charge is 0.407 e. The normalized spacial score (nSPS) is 9.35. The molecule has 0 aliphatic carbocycles. The molecule has 98 valence electrons. The van der Waals surface area contributed by atoms with Gasteiger partial charge in [0.2, 0.25) is 5.91 Å². The fourth-order valence-corrected chi connectivity index (χ4v) is 0.767. The van der Waals surface area contributed by atoms with Crippen LogP contribution in [0.4, 0.5) is 4.79 Å². The number of carbonyl (C=O) groups excluding carboxylic acids is 4. The molecular formula is C10H18N2O5. The van der Waals surface area contributed by atoms with Crippen LogP contribution in [0, 0.1) is 0 Å². The Bertz CT molecular complexity index is 277. The summed E-state index contributed by atoms with van der Waals surface area (Å²) in [6.07, 6.45) is 0.589. The zero-order valence-electron chi connectivity index (χ0n) is 10.2. The van der Waals surface area contributed by atoms with Gasteiger partial charge in [0.25, 0.3) is 0 Å². The molecule has 17 heavy (non-hydrogen) atoms. The summed E-state index contributed by atoms with van der Waals surface area (Å²) in [5.74, 6) is -0.365. The summed E-state index contributed by atoms with van der Waals surface area (Å²) in [6, 6.07) is 0. The van der Waals surface area contributed by atoms with Crippen molar-refractivity contribution in [2.45, 2.75) is 39.2 Å². The van der Waals surface area contributed by atoms with Crippen LogP contribution in [0.5, 0.6) is 0 Å². The first-order valence-corrected chi connectivity index (χ1v) is 4.97. The molecule has 0 aromatic rings. The van der Waals surface area contributed by atoms with E-state index in [4.69, 9.17) is 20.1 Å². The lowest BCUT2D eigenvalue weighted by Gasteiger charge is -2.19. The number of carbonyl (C=O) groups is 2. The maximum absolute atomic E-state index is 11.1. The third-order valence-electron chi connectivity index (χ3n) is 1.27. The Kier molecular flexibility index (Phi) is 9.64. The van der Waals surface area contributed by atoms with Crippen molar-refractivity contribution in [2.75, 3.05) is 6.54 Å². The highest BCUT2D eigenvalue weighted by Crippen LogP contribution is 2.06. The van der Waals surface area contributed by atoms with Crippen LogP contribution < -0.4 is 11.1 Å². The molecule has 0 radical (unpaired) electrons. The molecule has 0 aliphatic heterocycles. The largest absolute Gasteiger partial charge is 0.444 e. The molecule has 0 heterocycles. The lowest BCUT2D eigenvalue weighted by atomic mass is 10.2.